The number of hydrogen-bond acceptors (Lipinski definition) is 4. The average Bonchev–Trinajstić information content (AvgIpc) is 3.36. The number of aromatic nitrogens is 1. The topological polar surface area (TPSA) is 60.3 Å². The maximum Gasteiger partial charge on any atom is 0.231 e. The SMILES string of the molecule is CCNC(=NCC1(c2ccc3c(c2)OCO3)CCOCC1)N(C)Cc1cc(Cl)cn1C. The molecule has 31 heavy (non-hydrogen) atoms. The summed E-state index contributed by atoms with van der Waals surface area (Å²) in [7, 11) is 4.06. The maximum absolute atomic E-state index is 6.16. The molecule has 4 rings (SSSR count). The Kier molecular flexibility index (Phi) is 6.62. The fourth-order valence-corrected chi connectivity index (χ4v) is 4.54. The van der Waals surface area contributed by atoms with E-state index in [1.54, 1.807) is 0 Å². The predicted molar refractivity (Wildman–Crippen MR) is 122 cm³/mol. The maximum atomic E-state index is 6.16. The van der Waals surface area contributed by atoms with E-state index >= 15 is 0 Å². The lowest BCUT2D eigenvalue weighted by Gasteiger charge is -2.37. The Morgan fingerprint density at radius 2 is 2.00 bits per heavy atom. The highest BCUT2D eigenvalue weighted by Gasteiger charge is 2.36. The third kappa shape index (κ3) is 4.77. The summed E-state index contributed by atoms with van der Waals surface area (Å²) in [6.07, 6.45) is 3.77. The van der Waals surface area contributed by atoms with Crippen LogP contribution in [0.25, 0.3) is 0 Å². The first-order valence-electron chi connectivity index (χ1n) is 10.8. The summed E-state index contributed by atoms with van der Waals surface area (Å²) in [4.78, 5) is 7.21. The molecule has 0 aliphatic carbocycles. The molecule has 0 unspecified atom stereocenters. The normalized spacial score (nSPS) is 17.6. The van der Waals surface area contributed by atoms with Crippen LogP contribution in [-0.4, -0.2) is 55.6 Å². The summed E-state index contributed by atoms with van der Waals surface area (Å²) in [6, 6.07) is 8.27. The lowest BCUT2D eigenvalue weighted by molar-refractivity contribution is 0.0529. The molecule has 1 saturated heterocycles. The number of nitrogens with one attached hydrogen (secondary N) is 1. The van der Waals surface area contributed by atoms with Crippen molar-refractivity contribution in [1.29, 1.82) is 0 Å². The van der Waals surface area contributed by atoms with Gasteiger partial charge in [0.1, 0.15) is 0 Å². The molecule has 2 aliphatic heterocycles. The molecule has 0 radical (unpaired) electrons. The molecular formula is C23H31ClN4O3. The molecule has 0 atom stereocenters. The van der Waals surface area contributed by atoms with Crippen molar-refractivity contribution in [2.24, 2.45) is 12.0 Å². The van der Waals surface area contributed by atoms with E-state index in [0.29, 0.717) is 6.54 Å². The first-order chi connectivity index (χ1) is 15.0. The molecule has 1 N–H and O–H groups in total. The van der Waals surface area contributed by atoms with Gasteiger partial charge in [0.15, 0.2) is 17.5 Å². The lowest BCUT2D eigenvalue weighted by Crippen LogP contribution is -2.42. The van der Waals surface area contributed by atoms with E-state index in [0.717, 1.165) is 67.3 Å². The van der Waals surface area contributed by atoms with Gasteiger partial charge in [-0.15, -0.1) is 0 Å². The Bertz CT molecular complexity index is 937. The van der Waals surface area contributed by atoms with Crippen molar-refractivity contribution in [2.75, 3.05) is 40.1 Å². The number of aryl methyl sites for hydroxylation is 1. The minimum atomic E-state index is -0.0883. The first kappa shape index (κ1) is 21.8. The van der Waals surface area contributed by atoms with Crippen molar-refractivity contribution in [3.63, 3.8) is 0 Å². The quantitative estimate of drug-likeness (QED) is 0.543. The predicted octanol–water partition coefficient (Wildman–Crippen LogP) is 3.55. The van der Waals surface area contributed by atoms with Crippen LogP contribution < -0.4 is 14.8 Å². The summed E-state index contributed by atoms with van der Waals surface area (Å²) in [5.74, 6) is 2.51. The van der Waals surface area contributed by atoms with E-state index in [9.17, 15) is 0 Å². The van der Waals surface area contributed by atoms with Crippen molar-refractivity contribution in [3.05, 3.63) is 46.7 Å². The molecule has 0 bridgehead atoms. The van der Waals surface area contributed by atoms with E-state index in [2.05, 4.69) is 40.9 Å². The minimum absolute atomic E-state index is 0.0883. The molecule has 1 fully saturated rings. The van der Waals surface area contributed by atoms with E-state index in [1.807, 2.05) is 25.4 Å². The van der Waals surface area contributed by atoms with Crippen LogP contribution in [0.4, 0.5) is 0 Å². The second-order valence-corrected chi connectivity index (χ2v) is 8.68. The number of halogens is 1. The second-order valence-electron chi connectivity index (χ2n) is 8.25. The highest BCUT2D eigenvalue weighted by atomic mass is 35.5. The van der Waals surface area contributed by atoms with Crippen LogP contribution >= 0.6 is 11.6 Å². The van der Waals surface area contributed by atoms with Crippen molar-refractivity contribution in [1.82, 2.24) is 14.8 Å². The molecule has 8 heteroatoms. The van der Waals surface area contributed by atoms with E-state index in [-0.39, 0.29) is 12.2 Å². The molecule has 3 heterocycles. The van der Waals surface area contributed by atoms with Gasteiger partial charge < -0.3 is 29.0 Å². The van der Waals surface area contributed by atoms with Gasteiger partial charge in [0.05, 0.1) is 18.1 Å². The molecule has 2 aromatic rings. The number of ether oxygens (including phenoxy) is 3. The molecule has 0 saturated carbocycles. The van der Waals surface area contributed by atoms with Crippen LogP contribution in [0.1, 0.15) is 31.0 Å². The molecule has 7 nitrogen and oxygen atoms in total. The lowest BCUT2D eigenvalue weighted by atomic mass is 9.74. The van der Waals surface area contributed by atoms with Gasteiger partial charge in [-0.25, -0.2) is 0 Å². The number of guanidine groups is 1. The zero-order chi connectivity index (χ0) is 21.8. The average molecular weight is 447 g/mol. The van der Waals surface area contributed by atoms with Gasteiger partial charge >= 0.3 is 0 Å². The molecule has 2 aliphatic rings. The van der Waals surface area contributed by atoms with Crippen LogP contribution in [0.15, 0.2) is 35.5 Å². The molecular weight excluding hydrogens is 416 g/mol. The number of fused-ring (bicyclic) bond motifs is 1. The van der Waals surface area contributed by atoms with Crippen LogP contribution in [-0.2, 0) is 23.7 Å². The van der Waals surface area contributed by atoms with Gasteiger partial charge in [-0.2, -0.15) is 0 Å². The third-order valence-corrected chi connectivity index (χ3v) is 6.34. The fourth-order valence-electron chi connectivity index (χ4n) is 4.26. The zero-order valence-electron chi connectivity index (χ0n) is 18.5. The Labute approximate surface area is 188 Å². The first-order valence-corrected chi connectivity index (χ1v) is 11.2. The monoisotopic (exact) mass is 446 g/mol. The van der Waals surface area contributed by atoms with Crippen molar-refractivity contribution in [2.45, 2.75) is 31.7 Å². The van der Waals surface area contributed by atoms with Gasteiger partial charge in [0.2, 0.25) is 6.79 Å². The zero-order valence-corrected chi connectivity index (χ0v) is 19.2. The Morgan fingerprint density at radius 3 is 2.71 bits per heavy atom. The molecule has 168 valence electrons. The number of benzene rings is 1. The number of rotatable bonds is 6. The summed E-state index contributed by atoms with van der Waals surface area (Å²) in [5.41, 5.74) is 2.28. The fraction of sp³-hybridized carbons (Fsp3) is 0.522. The van der Waals surface area contributed by atoms with Gasteiger partial charge in [-0.1, -0.05) is 17.7 Å². The molecule has 1 aromatic carbocycles. The van der Waals surface area contributed by atoms with Crippen molar-refractivity contribution >= 4 is 17.6 Å². The summed E-state index contributed by atoms with van der Waals surface area (Å²) < 4.78 is 18.9. The third-order valence-electron chi connectivity index (χ3n) is 6.14. The highest BCUT2D eigenvalue weighted by molar-refractivity contribution is 6.30. The minimum Gasteiger partial charge on any atom is -0.454 e. The summed E-state index contributed by atoms with van der Waals surface area (Å²) in [5, 5.41) is 4.18. The van der Waals surface area contributed by atoms with E-state index in [1.165, 1.54) is 5.56 Å². The largest absolute Gasteiger partial charge is 0.454 e. The number of aliphatic imine (C=N–C) groups is 1. The second kappa shape index (κ2) is 9.40. The van der Waals surface area contributed by atoms with Crippen molar-refractivity contribution in [3.8, 4) is 11.5 Å². The summed E-state index contributed by atoms with van der Waals surface area (Å²) in [6.45, 7) is 6.04. The number of nitrogens with zero attached hydrogens (tertiary/aromatic N) is 3. The van der Waals surface area contributed by atoms with Gasteiger partial charge in [-0.3, -0.25) is 4.99 Å². The molecule has 0 amide bonds. The Hall–Kier alpha value is -2.38. The smallest absolute Gasteiger partial charge is 0.231 e. The van der Waals surface area contributed by atoms with Crippen LogP contribution in [0.2, 0.25) is 5.02 Å². The van der Waals surface area contributed by atoms with Crippen LogP contribution in [0.3, 0.4) is 0 Å². The van der Waals surface area contributed by atoms with E-state index in [4.69, 9.17) is 30.8 Å². The van der Waals surface area contributed by atoms with Crippen LogP contribution in [0.5, 0.6) is 11.5 Å². The highest BCUT2D eigenvalue weighted by Crippen LogP contribution is 2.41. The van der Waals surface area contributed by atoms with E-state index < -0.39 is 0 Å². The Morgan fingerprint density at radius 1 is 1.23 bits per heavy atom. The molecule has 1 aromatic heterocycles. The Balaban J connectivity index is 1.57. The molecule has 0 spiro atoms. The number of hydrogen-bond donors (Lipinski definition) is 1. The summed E-state index contributed by atoms with van der Waals surface area (Å²) >= 11 is 6.16. The standard InChI is InChI=1S/C23H31ClN4O3/c1-4-25-22(28(3)14-19-12-18(24)13-27(19)2)26-15-23(7-9-29-10-8-23)17-5-6-20-21(11-17)31-16-30-20/h5-6,11-13H,4,7-10,14-16H2,1-3H3,(H,25,26). The van der Waals surface area contributed by atoms with Gasteiger partial charge in [0, 0.05) is 51.2 Å². The van der Waals surface area contributed by atoms with Gasteiger partial charge in [-0.05, 0) is 43.5 Å². The van der Waals surface area contributed by atoms with Crippen molar-refractivity contribution < 1.29 is 14.2 Å². The van der Waals surface area contributed by atoms with Gasteiger partial charge in [0.25, 0.3) is 0 Å². The van der Waals surface area contributed by atoms with Crippen LogP contribution in [0, 0.1) is 0 Å².